The van der Waals surface area contributed by atoms with Crippen LogP contribution in [0.4, 0.5) is 5.82 Å². The number of anilines is 1. The highest BCUT2D eigenvalue weighted by atomic mass is 35.5. The van der Waals surface area contributed by atoms with E-state index < -0.39 is 0 Å². The quantitative estimate of drug-likeness (QED) is 0.421. The van der Waals surface area contributed by atoms with Crippen molar-refractivity contribution in [3.63, 3.8) is 0 Å². The molecule has 0 radical (unpaired) electrons. The van der Waals surface area contributed by atoms with E-state index in [0.29, 0.717) is 21.9 Å². The Balaban J connectivity index is 1.23. The molecule has 1 aromatic carbocycles. The topological polar surface area (TPSA) is 79.2 Å². The molecule has 8 nitrogen and oxygen atoms in total. The predicted molar refractivity (Wildman–Crippen MR) is 153 cm³/mol. The van der Waals surface area contributed by atoms with Crippen molar-refractivity contribution in [3.05, 3.63) is 45.7 Å². The Bertz CT molecular complexity index is 1300. The van der Waals surface area contributed by atoms with Gasteiger partial charge in [0.15, 0.2) is 5.65 Å². The number of aromatic nitrogens is 4. The molecule has 204 valence electrons. The molecule has 2 fully saturated rings. The van der Waals surface area contributed by atoms with Gasteiger partial charge in [-0.3, -0.25) is 4.79 Å². The van der Waals surface area contributed by atoms with Crippen LogP contribution in [0.3, 0.4) is 0 Å². The second-order valence-electron chi connectivity index (χ2n) is 11.1. The summed E-state index contributed by atoms with van der Waals surface area (Å²) in [5.41, 5.74) is 3.39. The summed E-state index contributed by atoms with van der Waals surface area (Å²) in [6, 6.07) is 5.45. The molecule has 0 unspecified atom stereocenters. The van der Waals surface area contributed by atoms with Crippen molar-refractivity contribution < 1.29 is 4.79 Å². The van der Waals surface area contributed by atoms with Gasteiger partial charge in [0.2, 0.25) is 5.91 Å². The van der Waals surface area contributed by atoms with Gasteiger partial charge in [-0.2, -0.15) is 5.10 Å². The summed E-state index contributed by atoms with van der Waals surface area (Å²) < 4.78 is 1.92. The average Bonchev–Trinajstić information content (AvgIpc) is 3.19. The molecule has 0 bridgehead atoms. The molecule has 1 N–H and O–H groups in total. The molecular weight excluding hydrogens is 521 g/mol. The van der Waals surface area contributed by atoms with Gasteiger partial charge in [0.1, 0.15) is 11.3 Å². The summed E-state index contributed by atoms with van der Waals surface area (Å²) in [6.07, 6.45) is 4.36. The van der Waals surface area contributed by atoms with Crippen molar-refractivity contribution in [1.82, 2.24) is 30.0 Å². The fraction of sp³-hybridized carbons (Fsp3) is 0.571. The van der Waals surface area contributed by atoms with Gasteiger partial charge in [0, 0.05) is 48.7 Å². The number of benzene rings is 1. The second kappa shape index (κ2) is 11.4. The molecule has 2 aliphatic rings. The van der Waals surface area contributed by atoms with Crippen LogP contribution in [0.5, 0.6) is 0 Å². The number of hydrogen-bond donors (Lipinski definition) is 1. The third kappa shape index (κ3) is 5.63. The lowest BCUT2D eigenvalue weighted by Gasteiger charge is -2.47. The van der Waals surface area contributed by atoms with Crippen molar-refractivity contribution in [1.29, 1.82) is 0 Å². The molecule has 4 heterocycles. The lowest BCUT2D eigenvalue weighted by atomic mass is 9.80. The summed E-state index contributed by atoms with van der Waals surface area (Å²) in [5, 5.41) is 9.04. The number of carbonyl (C=O) groups excluding carboxylic acids is 1. The maximum Gasteiger partial charge on any atom is 0.222 e. The largest absolute Gasteiger partial charge is 0.355 e. The molecular formula is C28H37Cl2N7O. The summed E-state index contributed by atoms with van der Waals surface area (Å²) >= 11 is 12.6. The Labute approximate surface area is 234 Å². The second-order valence-corrected chi connectivity index (χ2v) is 11.9. The van der Waals surface area contributed by atoms with Gasteiger partial charge in [-0.05, 0) is 62.8 Å². The van der Waals surface area contributed by atoms with Crippen molar-refractivity contribution in [2.24, 2.45) is 17.8 Å². The summed E-state index contributed by atoms with van der Waals surface area (Å²) in [6.45, 7) is 13.8. The lowest BCUT2D eigenvalue weighted by Crippen LogP contribution is -2.54. The Morgan fingerprint density at radius 3 is 2.68 bits per heavy atom. The van der Waals surface area contributed by atoms with E-state index in [2.05, 4.69) is 22.0 Å². The molecule has 2 atom stereocenters. The molecule has 2 aliphatic heterocycles. The third-order valence-corrected chi connectivity index (χ3v) is 8.59. The van der Waals surface area contributed by atoms with E-state index in [1.54, 1.807) is 6.07 Å². The zero-order chi connectivity index (χ0) is 27.0. The fourth-order valence-electron chi connectivity index (χ4n) is 5.65. The molecule has 0 saturated carbocycles. The Hall–Kier alpha value is -2.42. The average molecular weight is 559 g/mol. The number of hydrogen-bond acceptors (Lipinski definition) is 6. The van der Waals surface area contributed by atoms with Gasteiger partial charge in [-0.1, -0.05) is 43.1 Å². The highest BCUT2D eigenvalue weighted by molar-refractivity contribution is 6.35. The molecule has 0 spiro atoms. The SMILES string of the molecule is Cc1nn([C@H](C)c2ccc(Cl)cc2Cl)c2nc(N3CC([C@@H]4CCCN(CCNC(=O)C(C)C)C4)C3)cnc12. The van der Waals surface area contributed by atoms with E-state index in [-0.39, 0.29) is 17.9 Å². The molecule has 38 heavy (non-hydrogen) atoms. The van der Waals surface area contributed by atoms with E-state index in [9.17, 15) is 4.79 Å². The molecule has 1 amide bonds. The van der Waals surface area contributed by atoms with Crippen molar-refractivity contribution in [2.75, 3.05) is 44.2 Å². The van der Waals surface area contributed by atoms with E-state index in [1.807, 2.05) is 43.8 Å². The van der Waals surface area contributed by atoms with E-state index in [4.69, 9.17) is 38.3 Å². The number of likely N-dealkylation sites (tertiary alicyclic amines) is 1. The van der Waals surface area contributed by atoms with E-state index in [1.165, 1.54) is 12.8 Å². The molecule has 0 aliphatic carbocycles. The molecule has 3 aromatic rings. The zero-order valence-electron chi connectivity index (χ0n) is 22.6. The van der Waals surface area contributed by atoms with Crippen LogP contribution in [0.2, 0.25) is 10.0 Å². The van der Waals surface area contributed by atoms with Gasteiger partial charge in [0.25, 0.3) is 0 Å². The number of aryl methyl sites for hydroxylation is 1. The van der Waals surface area contributed by atoms with Crippen LogP contribution in [0.25, 0.3) is 11.2 Å². The number of piperidine rings is 1. The third-order valence-electron chi connectivity index (χ3n) is 8.03. The van der Waals surface area contributed by atoms with Gasteiger partial charge in [-0.15, -0.1) is 0 Å². The minimum atomic E-state index is -0.108. The highest BCUT2D eigenvalue weighted by Crippen LogP contribution is 2.35. The van der Waals surface area contributed by atoms with Gasteiger partial charge < -0.3 is 15.1 Å². The Morgan fingerprint density at radius 1 is 1.16 bits per heavy atom. The number of halogens is 2. The van der Waals surface area contributed by atoms with E-state index >= 15 is 0 Å². The van der Waals surface area contributed by atoms with E-state index in [0.717, 1.165) is 67.5 Å². The Morgan fingerprint density at radius 2 is 1.95 bits per heavy atom. The zero-order valence-corrected chi connectivity index (χ0v) is 24.1. The van der Waals surface area contributed by atoms with Crippen LogP contribution in [0.1, 0.15) is 50.9 Å². The van der Waals surface area contributed by atoms with Crippen molar-refractivity contribution in [3.8, 4) is 0 Å². The summed E-state index contributed by atoms with van der Waals surface area (Å²) in [4.78, 5) is 26.5. The van der Waals surface area contributed by atoms with Crippen LogP contribution < -0.4 is 10.2 Å². The first-order valence-electron chi connectivity index (χ1n) is 13.6. The van der Waals surface area contributed by atoms with Crippen LogP contribution in [0, 0.1) is 24.7 Å². The minimum Gasteiger partial charge on any atom is -0.355 e. The van der Waals surface area contributed by atoms with Gasteiger partial charge >= 0.3 is 0 Å². The van der Waals surface area contributed by atoms with Gasteiger partial charge in [-0.25, -0.2) is 14.6 Å². The molecule has 2 aromatic heterocycles. The molecule has 10 heteroatoms. The first kappa shape index (κ1) is 27.2. The molecule has 5 rings (SSSR count). The Kier molecular flexibility index (Phi) is 8.12. The van der Waals surface area contributed by atoms with Crippen LogP contribution in [-0.2, 0) is 4.79 Å². The number of carbonyl (C=O) groups is 1. The minimum absolute atomic E-state index is 0.0355. The fourth-order valence-corrected chi connectivity index (χ4v) is 6.22. The smallest absolute Gasteiger partial charge is 0.222 e. The van der Waals surface area contributed by atoms with Crippen molar-refractivity contribution >= 4 is 46.1 Å². The van der Waals surface area contributed by atoms with Crippen LogP contribution in [-0.4, -0.2) is 69.8 Å². The maximum absolute atomic E-state index is 11.9. The number of nitrogens with zero attached hydrogens (tertiary/aromatic N) is 6. The van der Waals surface area contributed by atoms with Crippen LogP contribution in [0.15, 0.2) is 24.4 Å². The standard InChI is InChI=1S/C28H37Cl2N7O/c1-17(2)28(38)31-9-11-35-10-5-6-20(14-35)21-15-36(16-21)25-13-32-26-18(3)34-37(27(26)33-25)19(4)23-8-7-22(29)12-24(23)30/h7-8,12-13,17,19-21H,5-6,9-11,14-16H2,1-4H3,(H,31,38)/t19-,20-/m1/s1. The monoisotopic (exact) mass is 557 g/mol. The first-order valence-corrected chi connectivity index (χ1v) is 14.4. The van der Waals surface area contributed by atoms with Crippen LogP contribution >= 0.6 is 23.2 Å². The normalized spacial score (nSPS) is 19.7. The summed E-state index contributed by atoms with van der Waals surface area (Å²) in [7, 11) is 0. The molecule has 2 saturated heterocycles. The number of fused-ring (bicyclic) bond motifs is 1. The van der Waals surface area contributed by atoms with Gasteiger partial charge in [0.05, 0.1) is 17.9 Å². The predicted octanol–water partition coefficient (Wildman–Crippen LogP) is 4.97. The van der Waals surface area contributed by atoms with Crippen molar-refractivity contribution in [2.45, 2.75) is 46.6 Å². The number of rotatable bonds is 8. The highest BCUT2D eigenvalue weighted by Gasteiger charge is 2.36. The lowest BCUT2D eigenvalue weighted by molar-refractivity contribution is -0.124. The first-order chi connectivity index (χ1) is 18.2. The number of nitrogens with one attached hydrogen (secondary N) is 1. The summed E-state index contributed by atoms with van der Waals surface area (Å²) in [5.74, 6) is 2.39. The maximum atomic E-state index is 11.9. The number of amides is 1.